The van der Waals surface area contributed by atoms with E-state index in [2.05, 4.69) is 4.98 Å². The summed E-state index contributed by atoms with van der Waals surface area (Å²) in [5.41, 5.74) is 6.98. The number of aliphatic hydroxyl groups is 1. The Hall–Kier alpha value is -3.59. The second kappa shape index (κ2) is 8.88. The second-order valence-electron chi connectivity index (χ2n) is 7.83. The molecule has 0 spiro atoms. The quantitative estimate of drug-likeness (QED) is 0.577. The summed E-state index contributed by atoms with van der Waals surface area (Å²) >= 11 is 0. The van der Waals surface area contributed by atoms with Gasteiger partial charge in [-0.3, -0.25) is 19.4 Å². The first-order valence-electron chi connectivity index (χ1n) is 10.4. The summed E-state index contributed by atoms with van der Waals surface area (Å²) in [5, 5.41) is 9.86. The van der Waals surface area contributed by atoms with Crippen LogP contribution in [0, 0.1) is 5.82 Å². The van der Waals surface area contributed by atoms with Crippen LogP contribution in [0.3, 0.4) is 0 Å². The maximum Gasteiger partial charge on any atom is 0.264 e. The average Bonchev–Trinajstić information content (AvgIpc) is 3.18. The fourth-order valence-corrected chi connectivity index (χ4v) is 4.15. The maximum absolute atomic E-state index is 13.2. The van der Waals surface area contributed by atoms with Crippen LogP contribution in [0.25, 0.3) is 11.0 Å². The number of fused-ring (bicyclic) bond motifs is 1. The van der Waals surface area contributed by atoms with Crippen LogP contribution in [0.15, 0.2) is 41.3 Å². The van der Waals surface area contributed by atoms with E-state index in [0.29, 0.717) is 37.0 Å². The highest BCUT2D eigenvalue weighted by Gasteiger charge is 2.24. The molecule has 0 atom stereocenters. The number of likely N-dealkylation sites (tertiary alicyclic amines) is 1. The predicted octanol–water partition coefficient (Wildman–Crippen LogP) is 1.34. The number of aromatic nitrogens is 2. The van der Waals surface area contributed by atoms with E-state index in [0.717, 1.165) is 17.5 Å². The van der Waals surface area contributed by atoms with E-state index in [1.54, 1.807) is 29.3 Å². The normalized spacial score (nSPS) is 13.8. The summed E-state index contributed by atoms with van der Waals surface area (Å²) in [6.07, 6.45) is 3.30. The molecule has 3 heterocycles. The number of hydrogen-bond acceptors (Lipinski definition) is 5. The highest BCUT2D eigenvalue weighted by atomic mass is 19.1. The minimum Gasteiger partial charge on any atom is -0.392 e. The molecule has 1 fully saturated rings. The molecule has 3 N–H and O–H groups in total. The Morgan fingerprint density at radius 1 is 1.16 bits per heavy atom. The molecule has 1 aromatic carbocycles. The molecule has 4 rings (SSSR count). The molecule has 0 bridgehead atoms. The third-order valence-electron chi connectivity index (χ3n) is 5.75. The van der Waals surface area contributed by atoms with E-state index in [9.17, 15) is 23.9 Å². The third kappa shape index (κ3) is 4.11. The van der Waals surface area contributed by atoms with E-state index in [4.69, 9.17) is 5.73 Å². The predicted molar refractivity (Wildman–Crippen MR) is 115 cm³/mol. The number of nitrogens with two attached hydrogens (primary N) is 1. The summed E-state index contributed by atoms with van der Waals surface area (Å²) in [6, 6.07) is 7.84. The van der Waals surface area contributed by atoms with Crippen molar-refractivity contribution in [2.45, 2.75) is 32.4 Å². The second-order valence-corrected chi connectivity index (χ2v) is 7.83. The van der Waals surface area contributed by atoms with Crippen molar-refractivity contribution >= 4 is 22.8 Å². The number of benzene rings is 1. The Morgan fingerprint density at radius 2 is 1.91 bits per heavy atom. The van der Waals surface area contributed by atoms with E-state index >= 15 is 0 Å². The van der Waals surface area contributed by atoms with Crippen LogP contribution in [0.4, 0.5) is 4.39 Å². The fraction of sp³-hybridized carbons (Fsp3) is 0.304. The molecule has 3 aromatic rings. The molecule has 0 radical (unpaired) electrons. The number of amides is 2. The van der Waals surface area contributed by atoms with Crippen molar-refractivity contribution in [2.75, 3.05) is 13.1 Å². The lowest BCUT2D eigenvalue weighted by Crippen LogP contribution is -2.36. The zero-order chi connectivity index (χ0) is 22.8. The van der Waals surface area contributed by atoms with Crippen LogP contribution < -0.4 is 11.3 Å². The van der Waals surface area contributed by atoms with Crippen molar-refractivity contribution in [1.82, 2.24) is 14.5 Å². The van der Waals surface area contributed by atoms with Crippen LogP contribution in [0.2, 0.25) is 0 Å². The van der Waals surface area contributed by atoms with Crippen LogP contribution in [0.5, 0.6) is 0 Å². The molecule has 2 amide bonds. The van der Waals surface area contributed by atoms with Gasteiger partial charge in [0.05, 0.1) is 17.6 Å². The van der Waals surface area contributed by atoms with Crippen LogP contribution in [-0.2, 0) is 24.4 Å². The van der Waals surface area contributed by atoms with E-state index < -0.39 is 18.1 Å². The molecule has 1 aliphatic heterocycles. The highest BCUT2D eigenvalue weighted by molar-refractivity contribution is 5.98. The molecule has 32 heavy (non-hydrogen) atoms. The highest BCUT2D eigenvalue weighted by Crippen LogP contribution is 2.22. The lowest BCUT2D eigenvalue weighted by atomic mass is 10.0. The lowest BCUT2D eigenvalue weighted by Gasteiger charge is -2.19. The van der Waals surface area contributed by atoms with Gasteiger partial charge in [-0.05, 0) is 42.2 Å². The SMILES string of the molecule is NC(=O)c1c(CO)c2ncc(Cc3ccc(F)cc3)cc2n(CCN2CCCC2=O)c1=O. The van der Waals surface area contributed by atoms with Gasteiger partial charge in [0.25, 0.3) is 11.5 Å². The summed E-state index contributed by atoms with van der Waals surface area (Å²) in [5.74, 6) is -1.24. The number of pyridine rings is 2. The number of carbonyl (C=O) groups is 2. The van der Waals surface area contributed by atoms with Crippen molar-refractivity contribution in [3.63, 3.8) is 0 Å². The minimum absolute atomic E-state index is 0.0274. The monoisotopic (exact) mass is 438 g/mol. The Balaban J connectivity index is 1.81. The molecule has 9 heteroatoms. The molecule has 2 aromatic heterocycles. The number of carbonyl (C=O) groups excluding carboxylic acids is 2. The number of aliphatic hydroxyl groups excluding tert-OH is 1. The topological polar surface area (TPSA) is 119 Å². The Bertz CT molecular complexity index is 1250. The van der Waals surface area contributed by atoms with Gasteiger partial charge < -0.3 is 20.3 Å². The van der Waals surface area contributed by atoms with E-state index in [1.165, 1.54) is 16.7 Å². The van der Waals surface area contributed by atoms with Gasteiger partial charge in [-0.2, -0.15) is 0 Å². The Labute approximate surface area is 183 Å². The van der Waals surface area contributed by atoms with Crippen molar-refractivity contribution < 1.29 is 19.1 Å². The van der Waals surface area contributed by atoms with Crippen LogP contribution in [-0.4, -0.2) is 44.5 Å². The van der Waals surface area contributed by atoms with Crippen molar-refractivity contribution in [2.24, 2.45) is 5.73 Å². The molecule has 1 aliphatic rings. The van der Waals surface area contributed by atoms with Gasteiger partial charge in [0, 0.05) is 37.8 Å². The van der Waals surface area contributed by atoms with E-state index in [-0.39, 0.29) is 29.4 Å². The smallest absolute Gasteiger partial charge is 0.264 e. The largest absolute Gasteiger partial charge is 0.392 e. The Kier molecular flexibility index (Phi) is 6.00. The van der Waals surface area contributed by atoms with Gasteiger partial charge in [-0.15, -0.1) is 0 Å². The van der Waals surface area contributed by atoms with Gasteiger partial charge in [0.15, 0.2) is 0 Å². The standard InChI is InChI=1S/C23H23FN4O4/c24-16-5-3-14(4-6-16)10-15-11-18-21(26-12-15)17(13-29)20(22(25)31)23(32)28(18)9-8-27-7-1-2-19(27)30/h3-6,11-12,29H,1-2,7-10,13H2,(H2,25,31). The minimum atomic E-state index is -0.941. The first kappa shape index (κ1) is 21.6. The number of halogens is 1. The average molecular weight is 438 g/mol. The summed E-state index contributed by atoms with van der Waals surface area (Å²) < 4.78 is 14.6. The number of rotatable bonds is 7. The van der Waals surface area contributed by atoms with Gasteiger partial charge >= 0.3 is 0 Å². The molecule has 0 aliphatic carbocycles. The fourth-order valence-electron chi connectivity index (χ4n) is 4.15. The molecule has 0 saturated carbocycles. The number of hydrogen-bond donors (Lipinski definition) is 2. The van der Waals surface area contributed by atoms with Gasteiger partial charge in [-0.1, -0.05) is 12.1 Å². The molecular formula is C23H23FN4O4. The first-order valence-corrected chi connectivity index (χ1v) is 10.4. The third-order valence-corrected chi connectivity index (χ3v) is 5.75. The molecular weight excluding hydrogens is 415 g/mol. The Morgan fingerprint density at radius 3 is 2.53 bits per heavy atom. The molecule has 1 saturated heterocycles. The zero-order valence-electron chi connectivity index (χ0n) is 17.4. The molecule has 8 nitrogen and oxygen atoms in total. The van der Waals surface area contributed by atoms with Gasteiger partial charge in [0.1, 0.15) is 11.4 Å². The summed E-state index contributed by atoms with van der Waals surface area (Å²) in [6.45, 7) is 0.526. The zero-order valence-corrected chi connectivity index (χ0v) is 17.4. The summed E-state index contributed by atoms with van der Waals surface area (Å²) in [4.78, 5) is 43.3. The van der Waals surface area contributed by atoms with Crippen molar-refractivity contribution in [1.29, 1.82) is 0 Å². The first-order chi connectivity index (χ1) is 15.4. The van der Waals surface area contributed by atoms with Crippen molar-refractivity contribution in [3.8, 4) is 0 Å². The lowest BCUT2D eigenvalue weighted by molar-refractivity contribution is -0.127. The van der Waals surface area contributed by atoms with Gasteiger partial charge in [0.2, 0.25) is 5.91 Å². The maximum atomic E-state index is 13.2. The molecule has 166 valence electrons. The van der Waals surface area contributed by atoms with E-state index in [1.807, 2.05) is 0 Å². The number of nitrogens with zero attached hydrogens (tertiary/aromatic N) is 3. The van der Waals surface area contributed by atoms with Crippen LogP contribution >= 0.6 is 0 Å². The van der Waals surface area contributed by atoms with Crippen molar-refractivity contribution in [3.05, 3.63) is 75.0 Å². The molecule has 0 unspecified atom stereocenters. The summed E-state index contributed by atoms with van der Waals surface area (Å²) in [7, 11) is 0. The van der Waals surface area contributed by atoms with Crippen LogP contribution in [0.1, 0.15) is 39.9 Å². The number of primary amides is 1. The van der Waals surface area contributed by atoms with Gasteiger partial charge in [-0.25, -0.2) is 4.39 Å².